The van der Waals surface area contributed by atoms with Crippen LogP contribution in [0.5, 0.6) is 0 Å². The maximum absolute atomic E-state index is 10.5. The van der Waals surface area contributed by atoms with E-state index < -0.39 is 6.10 Å². The SMILES string of the molecule is N#Cc1nnc2ccccc2c1N[C@@H]1CC(Cn2ccnc2)C[C@H]1O. The molecule has 1 fully saturated rings. The molecule has 1 unspecified atom stereocenters. The zero-order chi connectivity index (χ0) is 17.2. The Morgan fingerprint density at radius 1 is 1.28 bits per heavy atom. The molecule has 0 amide bonds. The summed E-state index contributed by atoms with van der Waals surface area (Å²) in [6.07, 6.45) is 6.55. The molecule has 1 saturated carbocycles. The first-order valence-electron chi connectivity index (χ1n) is 8.30. The molecule has 2 aromatic heterocycles. The molecule has 7 nitrogen and oxygen atoms in total. The number of nitrogens with zero attached hydrogens (tertiary/aromatic N) is 5. The van der Waals surface area contributed by atoms with E-state index in [1.165, 1.54) is 0 Å². The van der Waals surface area contributed by atoms with Crippen LogP contribution in [-0.2, 0) is 6.54 Å². The van der Waals surface area contributed by atoms with Crippen LogP contribution in [-0.4, -0.2) is 37.0 Å². The van der Waals surface area contributed by atoms with Crippen molar-refractivity contribution in [3.63, 3.8) is 0 Å². The highest BCUT2D eigenvalue weighted by Gasteiger charge is 2.33. The number of aliphatic hydroxyl groups is 1. The number of rotatable bonds is 4. The Labute approximate surface area is 145 Å². The van der Waals surface area contributed by atoms with Gasteiger partial charge in [0.25, 0.3) is 0 Å². The Bertz CT molecular complexity index is 917. The first-order valence-corrected chi connectivity index (χ1v) is 8.30. The van der Waals surface area contributed by atoms with Crippen LogP contribution in [0.15, 0.2) is 43.0 Å². The van der Waals surface area contributed by atoms with Crippen LogP contribution in [0.1, 0.15) is 18.5 Å². The molecule has 1 aliphatic carbocycles. The fourth-order valence-corrected chi connectivity index (χ4v) is 3.58. The average Bonchev–Trinajstić information content (AvgIpc) is 3.25. The van der Waals surface area contributed by atoms with E-state index in [4.69, 9.17) is 0 Å². The lowest BCUT2D eigenvalue weighted by atomic mass is 10.1. The normalized spacial score (nSPS) is 22.8. The summed E-state index contributed by atoms with van der Waals surface area (Å²) in [7, 11) is 0. The smallest absolute Gasteiger partial charge is 0.186 e. The summed E-state index contributed by atoms with van der Waals surface area (Å²) in [6.45, 7) is 0.829. The number of aromatic nitrogens is 4. The van der Waals surface area contributed by atoms with Crippen molar-refractivity contribution in [1.82, 2.24) is 19.7 Å². The van der Waals surface area contributed by atoms with Crippen molar-refractivity contribution in [1.29, 1.82) is 5.26 Å². The first kappa shape index (κ1) is 15.5. The summed E-state index contributed by atoms with van der Waals surface area (Å²) in [5.41, 5.74) is 1.64. The Hall–Kier alpha value is -2.98. The molecule has 4 rings (SSSR count). The van der Waals surface area contributed by atoms with Crippen molar-refractivity contribution in [2.45, 2.75) is 31.5 Å². The van der Waals surface area contributed by atoms with Gasteiger partial charge in [-0.05, 0) is 24.8 Å². The van der Waals surface area contributed by atoms with Crippen molar-refractivity contribution < 1.29 is 5.11 Å². The summed E-state index contributed by atoms with van der Waals surface area (Å²) in [4.78, 5) is 4.06. The summed E-state index contributed by atoms with van der Waals surface area (Å²) >= 11 is 0. The Morgan fingerprint density at radius 3 is 2.96 bits per heavy atom. The number of hydrogen-bond donors (Lipinski definition) is 2. The molecule has 1 aliphatic rings. The number of anilines is 1. The van der Waals surface area contributed by atoms with Gasteiger partial charge in [0.05, 0.1) is 29.7 Å². The van der Waals surface area contributed by atoms with Crippen LogP contribution in [0.2, 0.25) is 0 Å². The van der Waals surface area contributed by atoms with Gasteiger partial charge in [0.15, 0.2) is 5.69 Å². The van der Waals surface area contributed by atoms with E-state index in [9.17, 15) is 10.4 Å². The summed E-state index contributed by atoms with van der Waals surface area (Å²) in [5.74, 6) is 0.355. The van der Waals surface area contributed by atoms with Gasteiger partial charge < -0.3 is 15.0 Å². The minimum Gasteiger partial charge on any atom is -0.391 e. The molecular weight excluding hydrogens is 316 g/mol. The Balaban J connectivity index is 1.58. The van der Waals surface area contributed by atoms with Gasteiger partial charge in [0.2, 0.25) is 0 Å². The number of benzene rings is 1. The second-order valence-electron chi connectivity index (χ2n) is 6.47. The van der Waals surface area contributed by atoms with Gasteiger partial charge in [-0.3, -0.25) is 0 Å². The molecule has 1 aromatic carbocycles. The zero-order valence-corrected chi connectivity index (χ0v) is 13.6. The summed E-state index contributed by atoms with van der Waals surface area (Å²) in [6, 6.07) is 9.55. The van der Waals surface area contributed by atoms with Crippen LogP contribution < -0.4 is 5.32 Å². The van der Waals surface area contributed by atoms with E-state index in [-0.39, 0.29) is 11.7 Å². The van der Waals surface area contributed by atoms with Crippen molar-refractivity contribution >= 4 is 16.6 Å². The predicted molar refractivity (Wildman–Crippen MR) is 92.6 cm³/mol. The van der Waals surface area contributed by atoms with Gasteiger partial charge in [-0.25, -0.2) is 4.98 Å². The van der Waals surface area contributed by atoms with Gasteiger partial charge in [0.1, 0.15) is 6.07 Å². The number of imidazole rings is 1. The number of fused-ring (bicyclic) bond motifs is 1. The fraction of sp³-hybridized carbons (Fsp3) is 0.333. The molecule has 7 heteroatoms. The topological polar surface area (TPSA) is 99.7 Å². The molecule has 2 heterocycles. The van der Waals surface area contributed by atoms with Gasteiger partial charge in [-0.15, -0.1) is 10.2 Å². The van der Waals surface area contributed by atoms with E-state index in [0.717, 1.165) is 23.9 Å². The van der Waals surface area contributed by atoms with Gasteiger partial charge in [0, 0.05) is 24.3 Å². The second-order valence-corrected chi connectivity index (χ2v) is 6.47. The number of nitrogens with one attached hydrogen (secondary N) is 1. The highest BCUT2D eigenvalue weighted by atomic mass is 16.3. The van der Waals surface area contributed by atoms with E-state index in [1.54, 1.807) is 12.5 Å². The molecule has 2 N–H and O–H groups in total. The van der Waals surface area contributed by atoms with Gasteiger partial charge in [-0.1, -0.05) is 18.2 Å². The Kier molecular flexibility index (Phi) is 4.04. The minimum atomic E-state index is -0.466. The molecule has 0 aliphatic heterocycles. The van der Waals surface area contributed by atoms with Gasteiger partial charge in [-0.2, -0.15) is 5.26 Å². The van der Waals surface area contributed by atoms with Crippen LogP contribution in [0, 0.1) is 17.2 Å². The molecular formula is C18H18N6O. The maximum atomic E-state index is 10.5. The molecule has 3 atom stereocenters. The van der Waals surface area contributed by atoms with Crippen molar-refractivity contribution in [3.8, 4) is 6.07 Å². The highest BCUT2D eigenvalue weighted by Crippen LogP contribution is 2.32. The molecule has 3 aromatic rings. The second kappa shape index (κ2) is 6.49. The fourth-order valence-electron chi connectivity index (χ4n) is 3.58. The van der Waals surface area contributed by atoms with Crippen molar-refractivity contribution in [2.75, 3.05) is 5.32 Å². The van der Waals surface area contributed by atoms with E-state index in [1.807, 2.05) is 35.0 Å². The van der Waals surface area contributed by atoms with Crippen molar-refractivity contribution in [2.24, 2.45) is 5.92 Å². The van der Waals surface area contributed by atoms with E-state index in [2.05, 4.69) is 26.6 Å². The lowest BCUT2D eigenvalue weighted by Crippen LogP contribution is -2.28. The molecule has 0 radical (unpaired) electrons. The Morgan fingerprint density at radius 2 is 2.16 bits per heavy atom. The number of aliphatic hydroxyl groups excluding tert-OH is 1. The van der Waals surface area contributed by atoms with Crippen LogP contribution in [0.25, 0.3) is 10.9 Å². The monoisotopic (exact) mass is 334 g/mol. The van der Waals surface area contributed by atoms with Gasteiger partial charge >= 0.3 is 0 Å². The highest BCUT2D eigenvalue weighted by molar-refractivity contribution is 5.92. The average molecular weight is 334 g/mol. The first-order chi connectivity index (χ1) is 12.2. The maximum Gasteiger partial charge on any atom is 0.186 e. The molecule has 25 heavy (non-hydrogen) atoms. The molecule has 0 saturated heterocycles. The molecule has 0 bridgehead atoms. The summed E-state index contributed by atoms with van der Waals surface area (Å²) < 4.78 is 2.03. The van der Waals surface area contributed by atoms with Crippen LogP contribution in [0.4, 0.5) is 5.69 Å². The molecule has 126 valence electrons. The van der Waals surface area contributed by atoms with Crippen molar-refractivity contribution in [3.05, 3.63) is 48.7 Å². The third-order valence-electron chi connectivity index (χ3n) is 4.76. The third-order valence-corrected chi connectivity index (χ3v) is 4.76. The zero-order valence-electron chi connectivity index (χ0n) is 13.6. The predicted octanol–water partition coefficient (Wildman–Crippen LogP) is 1.95. The minimum absolute atomic E-state index is 0.117. The number of hydrogen-bond acceptors (Lipinski definition) is 6. The quantitative estimate of drug-likeness (QED) is 0.756. The standard InChI is InChI=1S/C18H18N6O/c19-9-16-18(13-3-1-2-4-14(13)22-23-16)21-15-7-12(8-17(15)25)10-24-6-5-20-11-24/h1-6,11-12,15,17,25H,7-8,10H2,(H,21,22)/t12?,15-,17-/m1/s1. The van der Waals surface area contributed by atoms with Crippen LogP contribution >= 0.6 is 0 Å². The van der Waals surface area contributed by atoms with E-state index in [0.29, 0.717) is 18.0 Å². The number of nitriles is 1. The lowest BCUT2D eigenvalue weighted by molar-refractivity contribution is 0.166. The molecule has 0 spiro atoms. The summed E-state index contributed by atoms with van der Waals surface area (Å²) in [5, 5.41) is 32.2. The van der Waals surface area contributed by atoms with Crippen LogP contribution in [0.3, 0.4) is 0 Å². The lowest BCUT2D eigenvalue weighted by Gasteiger charge is -2.19. The van der Waals surface area contributed by atoms with E-state index >= 15 is 0 Å². The third kappa shape index (κ3) is 3.04. The largest absolute Gasteiger partial charge is 0.391 e.